The first kappa shape index (κ1) is 29.9. The van der Waals surface area contributed by atoms with E-state index >= 15 is 0 Å². The molecule has 0 saturated heterocycles. The van der Waals surface area contributed by atoms with Crippen LogP contribution in [0.1, 0.15) is 69.7 Å². The molecule has 0 spiro atoms. The lowest BCUT2D eigenvalue weighted by molar-refractivity contribution is 0.491. The van der Waals surface area contributed by atoms with Gasteiger partial charge in [-0.1, -0.05) is 133 Å². The van der Waals surface area contributed by atoms with E-state index in [1.54, 1.807) is 0 Å². The van der Waals surface area contributed by atoms with Gasteiger partial charge in [0.05, 0.1) is 0 Å². The maximum Gasteiger partial charge on any atom is 0.250 e. The van der Waals surface area contributed by atoms with E-state index in [2.05, 4.69) is 158 Å². The van der Waals surface area contributed by atoms with E-state index in [4.69, 9.17) is 4.43 Å². The zero-order chi connectivity index (χ0) is 30.1. The molecule has 42 heavy (non-hydrogen) atoms. The molecule has 0 aliphatic carbocycles. The standard InChI is InChI=1S/C40H46OSi/c1-9-31-26-35(38-22-20-36(27-39(38)28(2)3)41-42(7,8)40(4,5)6)19-21-37(31)34-16-12-13-29(25-34)23-30-17-18-32-14-10-11-15-33(32)24-30/h10-22,24-28H,9,23H2,1-8H3. The third-order valence-electron chi connectivity index (χ3n) is 9.08. The second kappa shape index (κ2) is 11.9. The Labute approximate surface area is 254 Å². The van der Waals surface area contributed by atoms with E-state index in [0.717, 1.165) is 18.6 Å². The van der Waals surface area contributed by atoms with Crippen LogP contribution in [0.3, 0.4) is 0 Å². The van der Waals surface area contributed by atoms with Crippen molar-refractivity contribution >= 4 is 19.1 Å². The van der Waals surface area contributed by atoms with Crippen LogP contribution in [-0.4, -0.2) is 8.32 Å². The van der Waals surface area contributed by atoms with Gasteiger partial charge in [0.15, 0.2) is 0 Å². The number of benzene rings is 5. The first-order valence-corrected chi connectivity index (χ1v) is 18.4. The smallest absolute Gasteiger partial charge is 0.250 e. The van der Waals surface area contributed by atoms with E-state index in [-0.39, 0.29) is 5.04 Å². The van der Waals surface area contributed by atoms with Gasteiger partial charge in [0.25, 0.3) is 0 Å². The largest absolute Gasteiger partial charge is 0.543 e. The Morgan fingerprint density at radius 3 is 2.07 bits per heavy atom. The van der Waals surface area contributed by atoms with Gasteiger partial charge in [0.2, 0.25) is 8.32 Å². The number of fused-ring (bicyclic) bond motifs is 1. The molecule has 0 fully saturated rings. The Morgan fingerprint density at radius 1 is 0.667 bits per heavy atom. The van der Waals surface area contributed by atoms with Gasteiger partial charge in [-0.05, 0) is 104 Å². The molecule has 0 radical (unpaired) electrons. The van der Waals surface area contributed by atoms with E-state index < -0.39 is 8.32 Å². The number of rotatable bonds is 8. The van der Waals surface area contributed by atoms with Crippen molar-refractivity contribution in [2.75, 3.05) is 0 Å². The molecular formula is C40H46OSi. The van der Waals surface area contributed by atoms with Gasteiger partial charge in [-0.3, -0.25) is 0 Å². The fourth-order valence-electron chi connectivity index (χ4n) is 5.56. The third kappa shape index (κ3) is 6.39. The molecule has 5 rings (SSSR count). The first-order valence-electron chi connectivity index (χ1n) is 15.5. The molecule has 0 saturated carbocycles. The summed E-state index contributed by atoms with van der Waals surface area (Å²) < 4.78 is 6.68. The Balaban J connectivity index is 1.45. The van der Waals surface area contributed by atoms with E-state index in [1.807, 2.05) is 0 Å². The molecule has 5 aromatic rings. The van der Waals surface area contributed by atoms with Crippen LogP contribution in [0.4, 0.5) is 0 Å². The summed E-state index contributed by atoms with van der Waals surface area (Å²) in [6, 6.07) is 38.3. The van der Waals surface area contributed by atoms with Gasteiger partial charge in [-0.15, -0.1) is 0 Å². The van der Waals surface area contributed by atoms with Crippen LogP contribution in [-0.2, 0) is 12.8 Å². The lowest BCUT2D eigenvalue weighted by Gasteiger charge is -2.36. The topological polar surface area (TPSA) is 9.23 Å². The summed E-state index contributed by atoms with van der Waals surface area (Å²) in [6.07, 6.45) is 1.92. The SMILES string of the molecule is CCc1cc(-c2ccc(O[Si](C)(C)C(C)(C)C)cc2C(C)C)ccc1-c1cccc(Cc2ccc3ccccc3c2)c1. The molecule has 0 aliphatic heterocycles. The second-order valence-electron chi connectivity index (χ2n) is 13.6. The molecule has 0 amide bonds. The summed E-state index contributed by atoms with van der Waals surface area (Å²) in [5.41, 5.74) is 10.6. The predicted molar refractivity (Wildman–Crippen MR) is 185 cm³/mol. The van der Waals surface area contributed by atoms with Crippen molar-refractivity contribution in [1.29, 1.82) is 0 Å². The highest BCUT2D eigenvalue weighted by atomic mass is 28.4. The zero-order valence-corrected chi connectivity index (χ0v) is 27.7. The van der Waals surface area contributed by atoms with E-state index in [9.17, 15) is 0 Å². The fourth-order valence-corrected chi connectivity index (χ4v) is 6.58. The van der Waals surface area contributed by atoms with Crippen LogP contribution >= 0.6 is 0 Å². The van der Waals surface area contributed by atoms with Gasteiger partial charge in [-0.2, -0.15) is 0 Å². The highest BCUT2D eigenvalue weighted by molar-refractivity contribution is 6.74. The van der Waals surface area contributed by atoms with Crippen molar-refractivity contribution in [1.82, 2.24) is 0 Å². The predicted octanol–water partition coefficient (Wildman–Crippen LogP) is 11.8. The van der Waals surface area contributed by atoms with Crippen LogP contribution in [0.2, 0.25) is 18.1 Å². The molecule has 216 valence electrons. The van der Waals surface area contributed by atoms with Gasteiger partial charge in [0, 0.05) is 0 Å². The second-order valence-corrected chi connectivity index (χ2v) is 18.3. The average molecular weight is 571 g/mol. The molecule has 0 N–H and O–H groups in total. The van der Waals surface area contributed by atoms with Crippen LogP contribution in [0, 0.1) is 0 Å². The number of hydrogen-bond donors (Lipinski definition) is 0. The summed E-state index contributed by atoms with van der Waals surface area (Å²) in [5, 5.41) is 2.76. The molecular weight excluding hydrogens is 525 g/mol. The molecule has 0 unspecified atom stereocenters. The van der Waals surface area contributed by atoms with Gasteiger partial charge in [0.1, 0.15) is 5.75 Å². The quantitative estimate of drug-likeness (QED) is 0.169. The summed E-state index contributed by atoms with van der Waals surface area (Å²) in [7, 11) is -1.90. The normalized spacial score (nSPS) is 12.2. The number of aryl methyl sites for hydroxylation is 1. The molecule has 0 bridgehead atoms. The summed E-state index contributed by atoms with van der Waals surface area (Å²) in [6.45, 7) is 18.4. The zero-order valence-electron chi connectivity index (χ0n) is 26.7. The van der Waals surface area contributed by atoms with E-state index in [0.29, 0.717) is 5.92 Å². The van der Waals surface area contributed by atoms with Crippen molar-refractivity contribution in [3.8, 4) is 28.0 Å². The van der Waals surface area contributed by atoms with Crippen LogP contribution in [0.5, 0.6) is 5.75 Å². The van der Waals surface area contributed by atoms with Crippen LogP contribution < -0.4 is 4.43 Å². The summed E-state index contributed by atoms with van der Waals surface area (Å²) in [4.78, 5) is 0. The van der Waals surface area contributed by atoms with Crippen LogP contribution in [0.15, 0.2) is 103 Å². The fraction of sp³-hybridized carbons (Fsp3) is 0.300. The minimum atomic E-state index is -1.90. The van der Waals surface area contributed by atoms with Crippen molar-refractivity contribution in [2.24, 2.45) is 0 Å². The minimum absolute atomic E-state index is 0.169. The van der Waals surface area contributed by atoms with Crippen molar-refractivity contribution < 1.29 is 4.43 Å². The summed E-state index contributed by atoms with van der Waals surface area (Å²) in [5.74, 6) is 1.41. The maximum atomic E-state index is 6.68. The Kier molecular flexibility index (Phi) is 8.48. The maximum absolute atomic E-state index is 6.68. The van der Waals surface area contributed by atoms with Crippen molar-refractivity contribution in [3.63, 3.8) is 0 Å². The number of hydrogen-bond acceptors (Lipinski definition) is 1. The Hall–Kier alpha value is -3.62. The van der Waals surface area contributed by atoms with Crippen molar-refractivity contribution in [2.45, 2.75) is 78.4 Å². The van der Waals surface area contributed by atoms with Gasteiger partial charge in [-0.25, -0.2) is 0 Å². The highest BCUT2D eigenvalue weighted by Crippen LogP contribution is 2.40. The monoisotopic (exact) mass is 570 g/mol. The third-order valence-corrected chi connectivity index (χ3v) is 13.4. The van der Waals surface area contributed by atoms with Crippen LogP contribution in [0.25, 0.3) is 33.0 Å². The molecule has 0 heterocycles. The minimum Gasteiger partial charge on any atom is -0.543 e. The molecule has 0 aromatic heterocycles. The molecule has 1 nitrogen and oxygen atoms in total. The Bertz CT molecular complexity index is 1700. The Morgan fingerprint density at radius 2 is 1.36 bits per heavy atom. The first-order chi connectivity index (χ1) is 19.9. The van der Waals surface area contributed by atoms with E-state index in [1.165, 1.54) is 55.3 Å². The van der Waals surface area contributed by atoms with Gasteiger partial charge < -0.3 is 4.43 Å². The molecule has 0 aliphatic rings. The summed E-state index contributed by atoms with van der Waals surface area (Å²) >= 11 is 0. The average Bonchev–Trinajstić information content (AvgIpc) is 2.96. The van der Waals surface area contributed by atoms with Gasteiger partial charge >= 0.3 is 0 Å². The lowest BCUT2D eigenvalue weighted by atomic mass is 9.88. The van der Waals surface area contributed by atoms with Crippen molar-refractivity contribution in [3.05, 3.63) is 125 Å². The molecule has 5 aromatic carbocycles. The lowest BCUT2D eigenvalue weighted by Crippen LogP contribution is -2.43. The molecule has 2 heteroatoms. The molecule has 0 atom stereocenters. The highest BCUT2D eigenvalue weighted by Gasteiger charge is 2.39.